The first-order valence-electron chi connectivity index (χ1n) is 0.512. The quantitative estimate of drug-likeness (QED) is 0.228. The Labute approximate surface area is 63.0 Å². The van der Waals surface area contributed by atoms with E-state index in [1.807, 2.05) is 0 Å². The van der Waals surface area contributed by atoms with Crippen LogP contribution in [0.3, 0.4) is 0 Å². The van der Waals surface area contributed by atoms with E-state index in [0.717, 1.165) is 0 Å². The average Bonchev–Trinajstić information content (AvgIpc) is 0.918. The molecule has 3 nitrogen and oxygen atoms in total. The van der Waals surface area contributed by atoms with E-state index in [1.165, 1.54) is 6.19 Å². The van der Waals surface area contributed by atoms with Gasteiger partial charge in [0, 0.05) is 0 Å². The molecule has 0 saturated heterocycles. The van der Waals surface area contributed by atoms with Crippen LogP contribution < -0.4 is 5.73 Å². The number of hydrogen-bond acceptors (Lipinski definition) is 2. The molecule has 0 radical (unpaired) electrons. The molecule has 0 heterocycles. The van der Waals surface area contributed by atoms with Crippen molar-refractivity contribution < 1.29 is 8.33 Å². The Kier molecular flexibility index (Phi) is 86.7. The predicted octanol–water partition coefficient (Wildman–Crippen LogP) is -1.55. The van der Waals surface area contributed by atoms with E-state index in [2.05, 4.69) is 5.73 Å². The molecule has 0 aliphatic rings. The van der Waals surface area contributed by atoms with Crippen molar-refractivity contribution in [1.82, 2.24) is 0 Å². The maximum Gasteiger partial charge on any atom is 2.00 e. The zero-order valence-electron chi connectivity index (χ0n) is 4.73. The number of nitriles is 1. The smallest absolute Gasteiger partial charge is 1.00 e. The van der Waals surface area contributed by atoms with Crippen molar-refractivity contribution in [2.75, 3.05) is 0 Å². The van der Waals surface area contributed by atoms with E-state index in [1.54, 1.807) is 0 Å². The van der Waals surface area contributed by atoms with E-state index in [-0.39, 0.29) is 46.1 Å². The molecule has 0 fully saturated rings. The van der Waals surface area contributed by atoms with E-state index in [0.29, 0.717) is 0 Å². The summed E-state index contributed by atoms with van der Waals surface area (Å²) in [4.78, 5) is 0. The third-order valence-corrected chi connectivity index (χ3v) is 0. The fourth-order valence-electron chi connectivity index (χ4n) is 0. The van der Waals surface area contributed by atoms with Gasteiger partial charge in [0.25, 0.3) is 0 Å². The summed E-state index contributed by atoms with van der Waals surface area (Å²) in [5.41, 5.74) is 4.15. The maximum atomic E-state index is 7.10. The largest absolute Gasteiger partial charge is 2.00 e. The van der Waals surface area contributed by atoms with Crippen LogP contribution in [0.25, 0.3) is 0 Å². The third kappa shape index (κ3) is 109. The SMILES string of the molecule is N#CN.O.[Ca+2].[H-].[H-]. The van der Waals surface area contributed by atoms with Crippen LogP contribution in [0.1, 0.15) is 2.85 Å². The zero-order chi connectivity index (χ0) is 2.71. The summed E-state index contributed by atoms with van der Waals surface area (Å²) in [7, 11) is 0. The zero-order valence-corrected chi connectivity index (χ0v) is 4.94. The molecule has 0 aromatic heterocycles. The van der Waals surface area contributed by atoms with Gasteiger partial charge in [0.15, 0.2) is 6.19 Å². The summed E-state index contributed by atoms with van der Waals surface area (Å²) in [6, 6.07) is 0. The van der Waals surface area contributed by atoms with Gasteiger partial charge in [-0.1, -0.05) is 0 Å². The molecule has 0 aliphatic carbocycles. The normalized spacial score (nSPS) is 1.40. The molecule has 0 rings (SSSR count). The minimum Gasteiger partial charge on any atom is -1.00 e. The predicted molar refractivity (Wildman–Crippen MR) is 21.4 cm³/mol. The topological polar surface area (TPSA) is 81.3 Å². The first-order valence-corrected chi connectivity index (χ1v) is 0.512. The van der Waals surface area contributed by atoms with Gasteiger partial charge in [0.2, 0.25) is 0 Å². The van der Waals surface area contributed by atoms with Crippen molar-refractivity contribution >= 4 is 37.7 Å². The van der Waals surface area contributed by atoms with Gasteiger partial charge in [0.1, 0.15) is 0 Å². The number of nitrogens with two attached hydrogens (primary N) is 1. The molecular weight excluding hydrogens is 96.1 g/mol. The summed E-state index contributed by atoms with van der Waals surface area (Å²) in [5, 5.41) is 7.10. The molecule has 0 saturated carbocycles. The molecule has 0 aromatic carbocycles. The van der Waals surface area contributed by atoms with E-state index in [4.69, 9.17) is 5.26 Å². The van der Waals surface area contributed by atoms with Gasteiger partial charge in [0.05, 0.1) is 0 Å². The molecule has 5 heavy (non-hydrogen) atoms. The van der Waals surface area contributed by atoms with Gasteiger partial charge in [-0.3, -0.25) is 0 Å². The van der Waals surface area contributed by atoms with Crippen molar-refractivity contribution in [3.63, 3.8) is 0 Å². The van der Waals surface area contributed by atoms with Gasteiger partial charge in [-0.25, -0.2) is 0 Å². The standard InChI is InChI=1S/CH2N2.Ca.H2O.2H/c2-1-3;;;;/h2H2;;1H2;;/q;+2;;2*-1. The summed E-state index contributed by atoms with van der Waals surface area (Å²) >= 11 is 0. The molecule has 28 valence electrons. The van der Waals surface area contributed by atoms with E-state index < -0.39 is 0 Å². The molecule has 0 aromatic rings. The van der Waals surface area contributed by atoms with E-state index in [9.17, 15) is 0 Å². The second kappa shape index (κ2) is 24.4. The van der Waals surface area contributed by atoms with Crippen LogP contribution in [-0.2, 0) is 0 Å². The Morgan fingerprint density at radius 3 is 1.80 bits per heavy atom. The second-order valence-electron chi connectivity index (χ2n) is 0.129. The van der Waals surface area contributed by atoms with Crippen LogP contribution in [0.4, 0.5) is 0 Å². The van der Waals surface area contributed by atoms with Crippen molar-refractivity contribution in [3.05, 3.63) is 0 Å². The first kappa shape index (κ1) is 17.8. The molecular formula is CH6CaN2O. The van der Waals surface area contributed by atoms with Crippen LogP contribution in [0, 0.1) is 11.5 Å². The van der Waals surface area contributed by atoms with Crippen molar-refractivity contribution in [3.8, 4) is 6.19 Å². The van der Waals surface area contributed by atoms with Crippen molar-refractivity contribution in [2.45, 2.75) is 0 Å². The van der Waals surface area contributed by atoms with Crippen LogP contribution in [0.15, 0.2) is 0 Å². The minimum absolute atomic E-state index is 0. The Bertz CT molecular complexity index is 37.2. The molecule has 0 atom stereocenters. The van der Waals surface area contributed by atoms with Crippen LogP contribution in [0.5, 0.6) is 0 Å². The first-order chi connectivity index (χ1) is 1.41. The number of hydrogen-bond donors (Lipinski definition) is 1. The number of rotatable bonds is 0. The van der Waals surface area contributed by atoms with Crippen LogP contribution in [-0.4, -0.2) is 43.2 Å². The Hall–Kier alpha value is 0.510. The second-order valence-corrected chi connectivity index (χ2v) is 0.129. The average molecular weight is 102 g/mol. The van der Waals surface area contributed by atoms with Gasteiger partial charge >= 0.3 is 37.7 Å². The van der Waals surface area contributed by atoms with Gasteiger partial charge in [-0.05, 0) is 0 Å². The van der Waals surface area contributed by atoms with Gasteiger partial charge < -0.3 is 14.1 Å². The Balaban J connectivity index is -0.00000000333. The molecule has 4 N–H and O–H groups in total. The molecule has 0 bridgehead atoms. The summed E-state index contributed by atoms with van der Waals surface area (Å²) in [6.45, 7) is 0. The molecule has 0 spiro atoms. The number of nitrogens with zero attached hydrogens (tertiary/aromatic N) is 1. The third-order valence-electron chi connectivity index (χ3n) is 0. The monoisotopic (exact) mass is 102 g/mol. The van der Waals surface area contributed by atoms with Crippen LogP contribution >= 0.6 is 0 Å². The van der Waals surface area contributed by atoms with Gasteiger partial charge in [-0.15, -0.1) is 0 Å². The fourth-order valence-corrected chi connectivity index (χ4v) is 0. The summed E-state index contributed by atoms with van der Waals surface area (Å²) in [6.07, 6.45) is 1.25. The van der Waals surface area contributed by atoms with Crippen molar-refractivity contribution in [1.29, 1.82) is 5.26 Å². The van der Waals surface area contributed by atoms with Gasteiger partial charge in [-0.2, -0.15) is 5.26 Å². The molecule has 4 heteroatoms. The Morgan fingerprint density at radius 2 is 1.80 bits per heavy atom. The van der Waals surface area contributed by atoms with Crippen LogP contribution in [0.2, 0.25) is 0 Å². The molecule has 0 unspecified atom stereocenters. The summed E-state index contributed by atoms with van der Waals surface area (Å²) in [5.74, 6) is 0. The van der Waals surface area contributed by atoms with E-state index >= 15 is 0 Å². The molecule has 0 amide bonds. The maximum absolute atomic E-state index is 7.10. The minimum atomic E-state index is 0. The van der Waals surface area contributed by atoms with Crippen molar-refractivity contribution in [2.24, 2.45) is 5.73 Å². The summed E-state index contributed by atoms with van der Waals surface area (Å²) < 4.78 is 0. The fraction of sp³-hybridized carbons (Fsp3) is 0. The molecule has 0 aliphatic heterocycles. The Morgan fingerprint density at radius 1 is 1.80 bits per heavy atom.